The van der Waals surface area contributed by atoms with Crippen molar-refractivity contribution in [3.05, 3.63) is 59.7 Å². The fourth-order valence-electron chi connectivity index (χ4n) is 3.88. The third kappa shape index (κ3) is 3.06. The molecule has 1 atom stereocenters. The van der Waals surface area contributed by atoms with Gasteiger partial charge in [-0.1, -0.05) is 55.5 Å². The monoisotopic (exact) mass is 367 g/mol. The summed E-state index contributed by atoms with van der Waals surface area (Å²) in [5, 5.41) is 11.9. The summed E-state index contributed by atoms with van der Waals surface area (Å²) in [6, 6.07) is 15.1. The number of hydrogen-bond acceptors (Lipinski definition) is 4. The number of ether oxygens (including phenoxy) is 2. The Labute approximate surface area is 157 Å². The molecule has 2 N–H and O–H groups in total. The van der Waals surface area contributed by atoms with Crippen molar-refractivity contribution in [2.75, 3.05) is 19.8 Å². The van der Waals surface area contributed by atoms with Crippen LogP contribution < -0.4 is 5.32 Å². The highest BCUT2D eigenvalue weighted by molar-refractivity contribution is 5.81. The van der Waals surface area contributed by atoms with Crippen molar-refractivity contribution in [1.29, 1.82) is 0 Å². The molecule has 2 aromatic rings. The average Bonchev–Trinajstić information content (AvgIpc) is 2.96. The van der Waals surface area contributed by atoms with Gasteiger partial charge in [-0.3, -0.25) is 0 Å². The predicted octanol–water partition coefficient (Wildman–Crippen LogP) is 3.01. The quantitative estimate of drug-likeness (QED) is 0.849. The maximum Gasteiger partial charge on any atom is 0.407 e. The van der Waals surface area contributed by atoms with Crippen molar-refractivity contribution in [2.24, 2.45) is 5.41 Å². The van der Waals surface area contributed by atoms with Crippen LogP contribution >= 0.6 is 0 Å². The second kappa shape index (κ2) is 6.70. The Hall–Kier alpha value is -2.86. The predicted molar refractivity (Wildman–Crippen MR) is 98.6 cm³/mol. The van der Waals surface area contributed by atoms with E-state index in [1.165, 1.54) is 0 Å². The van der Waals surface area contributed by atoms with Crippen LogP contribution in [-0.4, -0.2) is 43.0 Å². The lowest BCUT2D eigenvalue weighted by molar-refractivity contribution is -0.161. The standard InChI is InChI=1S/C21H21NO5/c1-21(11-26-12-21)18(19(23)24)22-20(25)27-10-17-15-8-4-2-6-13(15)14-7-3-5-9-16(14)17/h2-9,17-18H,10-12H2,1H3,(H,22,25)(H,23,24). The van der Waals surface area contributed by atoms with Gasteiger partial charge < -0.3 is 19.9 Å². The Kier molecular flexibility index (Phi) is 4.36. The molecular weight excluding hydrogens is 346 g/mol. The van der Waals surface area contributed by atoms with Crippen molar-refractivity contribution < 1.29 is 24.2 Å². The summed E-state index contributed by atoms with van der Waals surface area (Å²) in [5.74, 6) is -1.15. The Balaban J connectivity index is 1.47. The summed E-state index contributed by atoms with van der Waals surface area (Å²) >= 11 is 0. The van der Waals surface area contributed by atoms with Crippen molar-refractivity contribution in [2.45, 2.75) is 18.9 Å². The fraction of sp³-hybridized carbons (Fsp3) is 0.333. The molecule has 6 nitrogen and oxygen atoms in total. The van der Waals surface area contributed by atoms with Crippen LogP contribution in [-0.2, 0) is 14.3 Å². The molecule has 0 aromatic heterocycles. The minimum atomic E-state index is -1.09. The normalized spacial score (nSPS) is 18.0. The zero-order valence-electron chi connectivity index (χ0n) is 15.0. The minimum Gasteiger partial charge on any atom is -0.480 e. The molecule has 0 spiro atoms. The van der Waals surface area contributed by atoms with Crippen molar-refractivity contribution in [3.63, 3.8) is 0 Å². The van der Waals surface area contributed by atoms with Gasteiger partial charge in [-0.25, -0.2) is 9.59 Å². The van der Waals surface area contributed by atoms with E-state index in [0.29, 0.717) is 13.2 Å². The minimum absolute atomic E-state index is 0.0611. The number of carboxylic acid groups (broad SMARTS) is 1. The lowest BCUT2D eigenvalue weighted by atomic mass is 9.80. The van der Waals surface area contributed by atoms with Crippen molar-refractivity contribution in [1.82, 2.24) is 5.32 Å². The molecule has 0 saturated carbocycles. The number of hydrogen-bond donors (Lipinski definition) is 2. The molecule has 4 rings (SSSR count). The lowest BCUT2D eigenvalue weighted by Gasteiger charge is -2.42. The third-order valence-corrected chi connectivity index (χ3v) is 5.41. The summed E-state index contributed by atoms with van der Waals surface area (Å²) in [7, 11) is 0. The summed E-state index contributed by atoms with van der Waals surface area (Å²) in [4.78, 5) is 23.8. The lowest BCUT2D eigenvalue weighted by Crippen LogP contribution is -2.60. The molecule has 1 fully saturated rings. The van der Waals surface area contributed by atoms with Gasteiger partial charge >= 0.3 is 12.1 Å². The average molecular weight is 367 g/mol. The van der Waals surface area contributed by atoms with E-state index in [1.807, 2.05) is 36.4 Å². The largest absolute Gasteiger partial charge is 0.480 e. The number of alkyl carbamates (subject to hydrolysis) is 1. The second-order valence-corrected chi connectivity index (χ2v) is 7.39. The number of carboxylic acids is 1. The second-order valence-electron chi connectivity index (χ2n) is 7.39. The van der Waals surface area contributed by atoms with Crippen LogP contribution in [0, 0.1) is 5.41 Å². The summed E-state index contributed by atoms with van der Waals surface area (Å²) in [5.41, 5.74) is 3.90. The Morgan fingerprint density at radius 1 is 1.15 bits per heavy atom. The number of fused-ring (bicyclic) bond motifs is 3. The molecule has 1 aliphatic carbocycles. The molecule has 6 heteroatoms. The van der Waals surface area contributed by atoms with Crippen LogP contribution in [0.15, 0.2) is 48.5 Å². The van der Waals surface area contributed by atoms with E-state index in [-0.39, 0.29) is 12.5 Å². The smallest absolute Gasteiger partial charge is 0.407 e. The first kappa shape index (κ1) is 17.5. The summed E-state index contributed by atoms with van der Waals surface area (Å²) < 4.78 is 10.5. The van der Waals surface area contributed by atoms with Crippen molar-refractivity contribution in [3.8, 4) is 11.1 Å². The first-order chi connectivity index (χ1) is 13.0. The number of carbonyl (C=O) groups is 2. The zero-order valence-corrected chi connectivity index (χ0v) is 15.0. The Morgan fingerprint density at radius 3 is 2.19 bits per heavy atom. The van der Waals surface area contributed by atoms with Gasteiger partial charge in [0.05, 0.1) is 13.2 Å². The number of nitrogens with one attached hydrogen (secondary N) is 1. The molecular formula is C21H21NO5. The summed E-state index contributed by atoms with van der Waals surface area (Å²) in [6.07, 6.45) is -0.725. The highest BCUT2D eigenvalue weighted by atomic mass is 16.5. The first-order valence-electron chi connectivity index (χ1n) is 8.92. The molecule has 2 aromatic carbocycles. The third-order valence-electron chi connectivity index (χ3n) is 5.41. The molecule has 0 bridgehead atoms. The number of amides is 1. The van der Waals surface area contributed by atoms with Crippen LogP contribution in [0.25, 0.3) is 11.1 Å². The van der Waals surface area contributed by atoms with Crippen LogP contribution in [0.4, 0.5) is 4.79 Å². The molecule has 1 aliphatic heterocycles. The van der Waals surface area contributed by atoms with E-state index < -0.39 is 23.5 Å². The SMILES string of the molecule is CC1(C(NC(=O)OCC2c3ccccc3-c3ccccc32)C(=O)O)COC1. The fourth-order valence-corrected chi connectivity index (χ4v) is 3.88. The van der Waals surface area contributed by atoms with Crippen LogP contribution in [0.3, 0.4) is 0 Å². The van der Waals surface area contributed by atoms with E-state index in [9.17, 15) is 14.7 Å². The van der Waals surface area contributed by atoms with Crippen molar-refractivity contribution >= 4 is 12.1 Å². The van der Waals surface area contributed by atoms with E-state index in [0.717, 1.165) is 22.3 Å². The zero-order chi connectivity index (χ0) is 19.0. The van der Waals surface area contributed by atoms with Gasteiger partial charge in [0.1, 0.15) is 12.6 Å². The number of rotatable bonds is 5. The molecule has 1 heterocycles. The molecule has 1 unspecified atom stereocenters. The maximum absolute atomic E-state index is 12.3. The van der Waals surface area contributed by atoms with Gasteiger partial charge in [-0.15, -0.1) is 0 Å². The topological polar surface area (TPSA) is 84.9 Å². The van der Waals surface area contributed by atoms with E-state index in [1.54, 1.807) is 6.92 Å². The Morgan fingerprint density at radius 2 is 1.70 bits per heavy atom. The molecule has 2 aliphatic rings. The van der Waals surface area contributed by atoms with Gasteiger partial charge in [0.2, 0.25) is 0 Å². The highest BCUT2D eigenvalue weighted by Crippen LogP contribution is 2.44. The van der Waals surface area contributed by atoms with Crippen LogP contribution in [0.5, 0.6) is 0 Å². The number of aliphatic carboxylic acids is 1. The van der Waals surface area contributed by atoms with E-state index in [2.05, 4.69) is 17.4 Å². The van der Waals surface area contributed by atoms with Gasteiger partial charge in [0.25, 0.3) is 0 Å². The number of carbonyl (C=O) groups excluding carboxylic acids is 1. The molecule has 140 valence electrons. The van der Waals surface area contributed by atoms with Gasteiger partial charge in [0, 0.05) is 11.3 Å². The highest BCUT2D eigenvalue weighted by Gasteiger charge is 2.46. The van der Waals surface area contributed by atoms with Crippen LogP contribution in [0.1, 0.15) is 24.0 Å². The Bertz CT molecular complexity index is 844. The maximum atomic E-state index is 12.3. The van der Waals surface area contributed by atoms with E-state index in [4.69, 9.17) is 9.47 Å². The van der Waals surface area contributed by atoms with E-state index >= 15 is 0 Å². The molecule has 0 radical (unpaired) electrons. The summed E-state index contributed by atoms with van der Waals surface area (Å²) in [6.45, 7) is 2.53. The first-order valence-corrected chi connectivity index (χ1v) is 8.92. The molecule has 1 amide bonds. The molecule has 27 heavy (non-hydrogen) atoms. The van der Waals surface area contributed by atoms with Gasteiger partial charge in [-0.05, 0) is 22.3 Å². The van der Waals surface area contributed by atoms with Crippen LogP contribution in [0.2, 0.25) is 0 Å². The number of benzene rings is 2. The van der Waals surface area contributed by atoms with Gasteiger partial charge in [0.15, 0.2) is 0 Å². The van der Waals surface area contributed by atoms with Gasteiger partial charge in [-0.2, -0.15) is 0 Å². The molecule has 1 saturated heterocycles.